The normalized spacial score (nSPS) is 10.1. The second-order valence-electron chi connectivity index (χ2n) is 4.74. The van der Waals surface area contributed by atoms with Crippen LogP contribution in [0.3, 0.4) is 0 Å². The predicted octanol–water partition coefficient (Wildman–Crippen LogP) is 0.915. The quantitative estimate of drug-likeness (QED) is 0.632. The summed E-state index contributed by atoms with van der Waals surface area (Å²) >= 11 is 0. The molecule has 1 amide bonds. The van der Waals surface area contributed by atoms with E-state index < -0.39 is 5.91 Å². The van der Waals surface area contributed by atoms with Gasteiger partial charge >= 0.3 is 5.97 Å². The van der Waals surface area contributed by atoms with Crippen molar-refractivity contribution in [2.24, 2.45) is 0 Å². The lowest BCUT2D eigenvalue weighted by Gasteiger charge is -2.07. The molecule has 2 aromatic rings. The highest BCUT2D eigenvalue weighted by atomic mass is 16.5. The fourth-order valence-corrected chi connectivity index (χ4v) is 1.91. The van der Waals surface area contributed by atoms with Crippen molar-refractivity contribution < 1.29 is 14.3 Å². The van der Waals surface area contributed by atoms with E-state index in [1.165, 1.54) is 23.9 Å². The van der Waals surface area contributed by atoms with Crippen molar-refractivity contribution >= 4 is 11.9 Å². The largest absolute Gasteiger partial charge is 0.469 e. The summed E-state index contributed by atoms with van der Waals surface area (Å²) in [5, 5.41) is 6.72. The Kier molecular flexibility index (Phi) is 5.62. The van der Waals surface area contributed by atoms with Gasteiger partial charge in [-0.2, -0.15) is 9.78 Å². The highest BCUT2D eigenvalue weighted by Crippen LogP contribution is 2.02. The smallest absolute Gasteiger partial charge is 0.305 e. The number of hydrogen-bond donors (Lipinski definition) is 1. The maximum Gasteiger partial charge on any atom is 0.305 e. The van der Waals surface area contributed by atoms with Crippen LogP contribution in [0.5, 0.6) is 0 Å². The number of aromatic nitrogens is 2. The van der Waals surface area contributed by atoms with Gasteiger partial charge in [-0.15, -0.1) is 0 Å². The Morgan fingerprint density at radius 3 is 2.61 bits per heavy atom. The fraction of sp³-hybridized carbons (Fsp3) is 0.250. The second kappa shape index (κ2) is 7.88. The van der Waals surface area contributed by atoms with Gasteiger partial charge in [-0.3, -0.25) is 14.4 Å². The van der Waals surface area contributed by atoms with Gasteiger partial charge < -0.3 is 10.1 Å². The molecule has 0 aliphatic rings. The fourth-order valence-electron chi connectivity index (χ4n) is 1.91. The van der Waals surface area contributed by atoms with Gasteiger partial charge in [0.05, 0.1) is 12.8 Å². The minimum Gasteiger partial charge on any atom is -0.469 e. The number of benzene rings is 1. The summed E-state index contributed by atoms with van der Waals surface area (Å²) in [7, 11) is 1.32. The van der Waals surface area contributed by atoms with Crippen LogP contribution >= 0.6 is 0 Å². The Hall–Kier alpha value is -2.96. The molecule has 7 nitrogen and oxygen atoms in total. The summed E-state index contributed by atoms with van der Waals surface area (Å²) in [6.07, 6.45) is 0.699. The lowest BCUT2D eigenvalue weighted by Crippen LogP contribution is -2.29. The molecule has 0 spiro atoms. The SMILES string of the molecule is COC(=O)CCCNC(=O)c1ccc(=O)n(-c2ccccc2)n1. The molecular weight excluding hydrogens is 298 g/mol. The average Bonchev–Trinajstić information content (AvgIpc) is 2.59. The Bertz CT molecular complexity index is 740. The van der Waals surface area contributed by atoms with Crippen molar-refractivity contribution in [3.63, 3.8) is 0 Å². The molecule has 7 heteroatoms. The van der Waals surface area contributed by atoms with Crippen molar-refractivity contribution in [1.29, 1.82) is 0 Å². The first kappa shape index (κ1) is 16.4. The molecule has 1 N–H and O–H groups in total. The number of carbonyl (C=O) groups is 2. The summed E-state index contributed by atoms with van der Waals surface area (Å²) in [6, 6.07) is 11.5. The Morgan fingerprint density at radius 2 is 1.91 bits per heavy atom. The number of ether oxygens (including phenoxy) is 1. The van der Waals surface area contributed by atoms with Crippen LogP contribution in [0.15, 0.2) is 47.3 Å². The van der Waals surface area contributed by atoms with Crippen LogP contribution in [0.4, 0.5) is 0 Å². The summed E-state index contributed by atoms with van der Waals surface area (Å²) < 4.78 is 5.69. The maximum atomic E-state index is 12.0. The van der Waals surface area contributed by atoms with Gasteiger partial charge in [0.25, 0.3) is 11.5 Å². The molecule has 0 radical (unpaired) electrons. The Balaban J connectivity index is 2.04. The van der Waals surface area contributed by atoms with Crippen LogP contribution in [-0.4, -0.2) is 35.3 Å². The van der Waals surface area contributed by atoms with E-state index in [-0.39, 0.29) is 23.6 Å². The molecule has 0 atom stereocenters. The molecule has 0 aliphatic carbocycles. The summed E-state index contributed by atoms with van der Waals surface area (Å²) in [5.41, 5.74) is 0.391. The molecule has 1 heterocycles. The minimum absolute atomic E-state index is 0.131. The summed E-state index contributed by atoms with van der Waals surface area (Å²) in [4.78, 5) is 34.9. The summed E-state index contributed by atoms with van der Waals surface area (Å²) in [6.45, 7) is 0.320. The van der Waals surface area contributed by atoms with Crippen LogP contribution < -0.4 is 10.9 Å². The Labute approximate surface area is 132 Å². The third-order valence-electron chi connectivity index (χ3n) is 3.10. The monoisotopic (exact) mass is 315 g/mol. The number of para-hydroxylation sites is 1. The van der Waals surface area contributed by atoms with Crippen molar-refractivity contribution in [2.45, 2.75) is 12.8 Å². The zero-order valence-corrected chi connectivity index (χ0v) is 12.7. The van der Waals surface area contributed by atoms with E-state index in [0.717, 1.165) is 0 Å². The molecule has 0 saturated carbocycles. The van der Waals surface area contributed by atoms with Gasteiger partial charge in [0.1, 0.15) is 5.69 Å². The first-order valence-electron chi connectivity index (χ1n) is 7.12. The number of methoxy groups -OCH3 is 1. The molecule has 120 valence electrons. The molecule has 2 rings (SSSR count). The Morgan fingerprint density at radius 1 is 1.17 bits per heavy atom. The van der Waals surface area contributed by atoms with E-state index in [1.54, 1.807) is 24.3 Å². The molecule has 23 heavy (non-hydrogen) atoms. The van der Waals surface area contributed by atoms with Crippen LogP contribution in [-0.2, 0) is 9.53 Å². The molecule has 0 bridgehead atoms. The highest BCUT2D eigenvalue weighted by molar-refractivity contribution is 5.92. The van der Waals surface area contributed by atoms with Gasteiger partial charge in [-0.1, -0.05) is 18.2 Å². The number of esters is 1. The zero-order chi connectivity index (χ0) is 16.7. The lowest BCUT2D eigenvalue weighted by molar-refractivity contribution is -0.140. The standard InChI is InChI=1S/C16H17N3O4/c1-23-15(21)8-5-11-17-16(22)13-9-10-14(20)19(18-13)12-6-3-2-4-7-12/h2-4,6-7,9-10H,5,8,11H2,1H3,(H,17,22). The van der Waals surface area contributed by atoms with Gasteiger partial charge in [0.2, 0.25) is 0 Å². The van der Waals surface area contributed by atoms with Crippen LogP contribution in [0, 0.1) is 0 Å². The van der Waals surface area contributed by atoms with E-state index in [9.17, 15) is 14.4 Å². The number of hydrogen-bond acceptors (Lipinski definition) is 5. The number of nitrogens with zero attached hydrogens (tertiary/aromatic N) is 2. The predicted molar refractivity (Wildman–Crippen MR) is 83.4 cm³/mol. The first-order chi connectivity index (χ1) is 11.1. The van der Waals surface area contributed by atoms with E-state index in [2.05, 4.69) is 15.2 Å². The molecular formula is C16H17N3O4. The molecule has 0 fully saturated rings. The third-order valence-corrected chi connectivity index (χ3v) is 3.10. The van der Waals surface area contributed by atoms with Gasteiger partial charge in [-0.25, -0.2) is 0 Å². The number of carbonyl (C=O) groups excluding carboxylic acids is 2. The van der Waals surface area contributed by atoms with Crippen molar-refractivity contribution in [3.8, 4) is 5.69 Å². The van der Waals surface area contributed by atoms with Gasteiger partial charge in [0.15, 0.2) is 0 Å². The molecule has 0 saturated heterocycles. The number of rotatable bonds is 6. The summed E-state index contributed by atoms with van der Waals surface area (Å²) in [5.74, 6) is -0.727. The maximum absolute atomic E-state index is 12.0. The van der Waals surface area contributed by atoms with Crippen LogP contribution in [0.1, 0.15) is 23.3 Å². The average molecular weight is 315 g/mol. The van der Waals surface area contributed by atoms with E-state index in [4.69, 9.17) is 0 Å². The van der Waals surface area contributed by atoms with Gasteiger partial charge in [-0.05, 0) is 24.6 Å². The zero-order valence-electron chi connectivity index (χ0n) is 12.7. The lowest BCUT2D eigenvalue weighted by atomic mass is 10.3. The van der Waals surface area contributed by atoms with E-state index in [0.29, 0.717) is 18.7 Å². The van der Waals surface area contributed by atoms with Crippen molar-refractivity contribution in [3.05, 3.63) is 58.5 Å². The van der Waals surface area contributed by atoms with Crippen molar-refractivity contribution in [1.82, 2.24) is 15.1 Å². The van der Waals surface area contributed by atoms with E-state index >= 15 is 0 Å². The van der Waals surface area contributed by atoms with Crippen molar-refractivity contribution in [2.75, 3.05) is 13.7 Å². The first-order valence-corrected chi connectivity index (χ1v) is 7.12. The number of nitrogens with one attached hydrogen (secondary N) is 1. The number of amides is 1. The molecule has 0 unspecified atom stereocenters. The van der Waals surface area contributed by atoms with Crippen LogP contribution in [0.2, 0.25) is 0 Å². The minimum atomic E-state index is -0.403. The topological polar surface area (TPSA) is 90.3 Å². The molecule has 1 aromatic heterocycles. The molecule has 0 aliphatic heterocycles. The van der Waals surface area contributed by atoms with Gasteiger partial charge in [0, 0.05) is 19.0 Å². The third kappa shape index (κ3) is 4.50. The highest BCUT2D eigenvalue weighted by Gasteiger charge is 2.10. The van der Waals surface area contributed by atoms with Crippen LogP contribution in [0.25, 0.3) is 5.69 Å². The van der Waals surface area contributed by atoms with E-state index in [1.807, 2.05) is 6.07 Å². The molecule has 1 aromatic carbocycles. The second-order valence-corrected chi connectivity index (χ2v) is 4.74.